The molecule has 26 heavy (non-hydrogen) atoms. The SMILES string of the molecule is COc1ccc(CNC(=O)c2cn(C3CCNCC3)nn2)cc1OC.Cl. The van der Waals surface area contributed by atoms with Crippen molar-refractivity contribution < 1.29 is 14.3 Å². The van der Waals surface area contributed by atoms with Gasteiger partial charge in [-0.05, 0) is 43.6 Å². The van der Waals surface area contributed by atoms with Crippen molar-refractivity contribution in [1.82, 2.24) is 25.6 Å². The minimum absolute atomic E-state index is 0. The number of carbonyl (C=O) groups is 1. The van der Waals surface area contributed by atoms with Gasteiger partial charge in [-0.25, -0.2) is 4.68 Å². The number of nitrogens with zero attached hydrogens (tertiary/aromatic N) is 3. The van der Waals surface area contributed by atoms with E-state index >= 15 is 0 Å². The van der Waals surface area contributed by atoms with E-state index in [1.54, 1.807) is 25.1 Å². The molecule has 1 aliphatic heterocycles. The number of nitrogens with one attached hydrogen (secondary N) is 2. The Labute approximate surface area is 158 Å². The summed E-state index contributed by atoms with van der Waals surface area (Å²) in [6, 6.07) is 5.84. The highest BCUT2D eigenvalue weighted by molar-refractivity contribution is 5.91. The molecule has 2 N–H and O–H groups in total. The fourth-order valence-electron chi connectivity index (χ4n) is 2.89. The molecule has 1 aromatic carbocycles. The Morgan fingerprint density at radius 1 is 1.27 bits per heavy atom. The Balaban J connectivity index is 0.00000243. The van der Waals surface area contributed by atoms with Crippen LogP contribution < -0.4 is 20.1 Å². The zero-order chi connectivity index (χ0) is 17.6. The van der Waals surface area contributed by atoms with E-state index in [9.17, 15) is 4.79 Å². The molecule has 0 spiro atoms. The van der Waals surface area contributed by atoms with Gasteiger partial charge in [-0.15, -0.1) is 17.5 Å². The largest absolute Gasteiger partial charge is 0.493 e. The predicted octanol–water partition coefficient (Wildman–Crippen LogP) is 1.57. The number of hydrogen-bond acceptors (Lipinski definition) is 6. The molecule has 1 aliphatic rings. The number of ether oxygens (including phenoxy) is 2. The summed E-state index contributed by atoms with van der Waals surface area (Å²) in [5.74, 6) is 1.04. The van der Waals surface area contributed by atoms with Crippen LogP contribution >= 0.6 is 12.4 Å². The molecule has 8 nitrogen and oxygen atoms in total. The van der Waals surface area contributed by atoms with Crippen LogP contribution in [0.1, 0.15) is 34.9 Å². The van der Waals surface area contributed by atoms with E-state index in [1.165, 1.54) is 0 Å². The van der Waals surface area contributed by atoms with E-state index in [2.05, 4.69) is 20.9 Å². The van der Waals surface area contributed by atoms with Crippen molar-refractivity contribution in [2.24, 2.45) is 0 Å². The summed E-state index contributed by atoms with van der Waals surface area (Å²) in [6.45, 7) is 2.30. The van der Waals surface area contributed by atoms with E-state index in [-0.39, 0.29) is 18.3 Å². The van der Waals surface area contributed by atoms with Gasteiger partial charge in [-0.2, -0.15) is 0 Å². The van der Waals surface area contributed by atoms with Crippen LogP contribution in [-0.4, -0.2) is 48.2 Å². The van der Waals surface area contributed by atoms with E-state index in [4.69, 9.17) is 9.47 Å². The average molecular weight is 382 g/mol. The van der Waals surface area contributed by atoms with Crippen molar-refractivity contribution in [2.45, 2.75) is 25.4 Å². The lowest BCUT2D eigenvalue weighted by Crippen LogP contribution is -2.29. The molecule has 1 aromatic heterocycles. The van der Waals surface area contributed by atoms with Crippen LogP contribution in [0.4, 0.5) is 0 Å². The first-order valence-electron chi connectivity index (χ1n) is 8.33. The molecule has 2 heterocycles. The van der Waals surface area contributed by atoms with Gasteiger partial charge in [0.15, 0.2) is 17.2 Å². The predicted molar refractivity (Wildman–Crippen MR) is 99.1 cm³/mol. The maximum Gasteiger partial charge on any atom is 0.273 e. The molecular weight excluding hydrogens is 358 g/mol. The van der Waals surface area contributed by atoms with Crippen LogP contribution in [0.25, 0.3) is 0 Å². The second-order valence-corrected chi connectivity index (χ2v) is 5.94. The summed E-state index contributed by atoms with van der Waals surface area (Å²) >= 11 is 0. The number of hydrogen-bond donors (Lipinski definition) is 2. The molecule has 1 fully saturated rings. The number of amides is 1. The van der Waals surface area contributed by atoms with Gasteiger partial charge in [0, 0.05) is 6.54 Å². The Morgan fingerprint density at radius 3 is 2.69 bits per heavy atom. The van der Waals surface area contributed by atoms with Crippen molar-refractivity contribution in [3.05, 3.63) is 35.7 Å². The van der Waals surface area contributed by atoms with Crippen LogP contribution in [-0.2, 0) is 6.54 Å². The molecule has 2 aromatic rings. The molecule has 0 bridgehead atoms. The second kappa shape index (κ2) is 9.40. The van der Waals surface area contributed by atoms with Gasteiger partial charge in [0.2, 0.25) is 0 Å². The third kappa shape index (κ3) is 4.64. The fourth-order valence-corrected chi connectivity index (χ4v) is 2.89. The summed E-state index contributed by atoms with van der Waals surface area (Å²) in [6.07, 6.45) is 3.71. The van der Waals surface area contributed by atoms with Crippen molar-refractivity contribution in [3.8, 4) is 11.5 Å². The fraction of sp³-hybridized carbons (Fsp3) is 0.471. The average Bonchev–Trinajstić information content (AvgIpc) is 3.17. The summed E-state index contributed by atoms with van der Waals surface area (Å²) < 4.78 is 12.3. The van der Waals surface area contributed by atoms with Crippen LogP contribution in [0.2, 0.25) is 0 Å². The minimum atomic E-state index is -0.241. The number of benzene rings is 1. The number of aromatic nitrogens is 3. The summed E-state index contributed by atoms with van der Waals surface area (Å²) in [4.78, 5) is 12.3. The molecule has 1 saturated heterocycles. The molecular formula is C17H24ClN5O3. The summed E-state index contributed by atoms with van der Waals surface area (Å²) in [7, 11) is 3.17. The number of rotatable bonds is 6. The van der Waals surface area contributed by atoms with Gasteiger partial charge in [-0.1, -0.05) is 11.3 Å². The lowest BCUT2D eigenvalue weighted by Gasteiger charge is -2.22. The van der Waals surface area contributed by atoms with E-state index in [0.29, 0.717) is 29.8 Å². The van der Waals surface area contributed by atoms with Crippen molar-refractivity contribution in [2.75, 3.05) is 27.3 Å². The lowest BCUT2D eigenvalue weighted by atomic mass is 10.1. The Hall–Kier alpha value is -2.32. The third-order valence-corrected chi connectivity index (χ3v) is 4.33. The number of halogens is 1. The first-order valence-corrected chi connectivity index (χ1v) is 8.33. The molecule has 142 valence electrons. The molecule has 0 aliphatic carbocycles. The van der Waals surface area contributed by atoms with Crippen molar-refractivity contribution in [3.63, 3.8) is 0 Å². The van der Waals surface area contributed by atoms with Gasteiger partial charge in [0.05, 0.1) is 26.5 Å². The smallest absolute Gasteiger partial charge is 0.273 e. The molecule has 1 amide bonds. The minimum Gasteiger partial charge on any atom is -0.493 e. The Morgan fingerprint density at radius 2 is 2.00 bits per heavy atom. The normalized spacial score (nSPS) is 14.4. The molecule has 0 radical (unpaired) electrons. The van der Waals surface area contributed by atoms with Gasteiger partial charge < -0.3 is 20.1 Å². The van der Waals surface area contributed by atoms with Crippen LogP contribution in [0.3, 0.4) is 0 Å². The monoisotopic (exact) mass is 381 g/mol. The zero-order valence-corrected chi connectivity index (χ0v) is 15.7. The summed E-state index contributed by atoms with van der Waals surface area (Å²) in [5.41, 5.74) is 1.25. The highest BCUT2D eigenvalue weighted by atomic mass is 35.5. The van der Waals surface area contributed by atoms with E-state index in [1.807, 2.05) is 18.2 Å². The van der Waals surface area contributed by atoms with Crippen molar-refractivity contribution >= 4 is 18.3 Å². The topological polar surface area (TPSA) is 90.3 Å². The van der Waals surface area contributed by atoms with Crippen molar-refractivity contribution in [1.29, 1.82) is 0 Å². The maximum absolute atomic E-state index is 12.3. The van der Waals surface area contributed by atoms with Gasteiger partial charge >= 0.3 is 0 Å². The quantitative estimate of drug-likeness (QED) is 0.789. The van der Waals surface area contributed by atoms with Crippen LogP contribution in [0.5, 0.6) is 11.5 Å². The van der Waals surface area contributed by atoms with Gasteiger partial charge in [0.25, 0.3) is 5.91 Å². The highest BCUT2D eigenvalue weighted by Gasteiger charge is 2.18. The molecule has 9 heteroatoms. The molecule has 0 atom stereocenters. The molecule has 0 unspecified atom stereocenters. The standard InChI is InChI=1S/C17H23N5O3.ClH/c1-24-15-4-3-12(9-16(15)25-2)10-19-17(23)14-11-22(21-20-14)13-5-7-18-8-6-13;/h3-4,9,11,13,18H,5-8,10H2,1-2H3,(H,19,23);1H. The van der Waals surface area contributed by atoms with Gasteiger partial charge in [-0.3, -0.25) is 4.79 Å². The van der Waals surface area contributed by atoms with E-state index < -0.39 is 0 Å². The summed E-state index contributed by atoms with van der Waals surface area (Å²) in [5, 5.41) is 14.3. The number of methoxy groups -OCH3 is 2. The number of carbonyl (C=O) groups excluding carboxylic acids is 1. The Kier molecular flexibility index (Phi) is 7.23. The first-order chi connectivity index (χ1) is 12.2. The highest BCUT2D eigenvalue weighted by Crippen LogP contribution is 2.27. The molecule has 0 saturated carbocycles. The second-order valence-electron chi connectivity index (χ2n) is 5.94. The molecule has 3 rings (SSSR count). The third-order valence-electron chi connectivity index (χ3n) is 4.33. The van der Waals surface area contributed by atoms with Crippen LogP contribution in [0.15, 0.2) is 24.4 Å². The van der Waals surface area contributed by atoms with E-state index in [0.717, 1.165) is 31.5 Å². The van der Waals surface area contributed by atoms with Crippen LogP contribution in [0, 0.1) is 0 Å². The zero-order valence-electron chi connectivity index (χ0n) is 14.9. The maximum atomic E-state index is 12.3. The lowest BCUT2D eigenvalue weighted by molar-refractivity contribution is 0.0945. The Bertz CT molecular complexity index is 731. The number of piperidine rings is 1. The van der Waals surface area contributed by atoms with Gasteiger partial charge in [0.1, 0.15) is 0 Å². The first kappa shape index (κ1) is 20.0.